The quantitative estimate of drug-likeness (QED) is 0.925. The van der Waals surface area contributed by atoms with Crippen molar-refractivity contribution in [3.63, 3.8) is 0 Å². The van der Waals surface area contributed by atoms with Crippen molar-refractivity contribution >= 4 is 11.6 Å². The number of aromatic amines is 1. The molecule has 0 spiro atoms. The van der Waals surface area contributed by atoms with Crippen molar-refractivity contribution in [1.29, 1.82) is 0 Å². The van der Waals surface area contributed by atoms with Crippen LogP contribution in [0.1, 0.15) is 16.8 Å². The van der Waals surface area contributed by atoms with Gasteiger partial charge >= 0.3 is 5.69 Å². The van der Waals surface area contributed by atoms with Crippen LogP contribution in [-0.4, -0.2) is 21.6 Å². The van der Waals surface area contributed by atoms with Crippen LogP contribution in [0.4, 0.5) is 0 Å². The summed E-state index contributed by atoms with van der Waals surface area (Å²) < 4.78 is 6.62. The van der Waals surface area contributed by atoms with E-state index < -0.39 is 11.2 Å². The summed E-state index contributed by atoms with van der Waals surface area (Å²) in [5.74, 6) is 0.735. The van der Waals surface area contributed by atoms with Crippen LogP contribution in [0.15, 0.2) is 22.0 Å². The summed E-state index contributed by atoms with van der Waals surface area (Å²) in [5, 5.41) is -0.0404. The second-order valence-corrected chi connectivity index (χ2v) is 4.82. The van der Waals surface area contributed by atoms with E-state index in [0.29, 0.717) is 5.69 Å². The van der Waals surface area contributed by atoms with Crippen molar-refractivity contribution in [3.05, 3.63) is 55.1 Å². The Morgan fingerprint density at radius 1 is 1.40 bits per heavy atom. The van der Waals surface area contributed by atoms with Crippen molar-refractivity contribution < 1.29 is 4.74 Å². The van der Waals surface area contributed by atoms with E-state index >= 15 is 0 Å². The molecule has 0 aliphatic rings. The molecule has 1 N–H and O–H groups in total. The number of halogens is 1. The summed E-state index contributed by atoms with van der Waals surface area (Å²) in [6.45, 7) is 3.97. The van der Waals surface area contributed by atoms with Gasteiger partial charge in [0.25, 0.3) is 5.56 Å². The van der Waals surface area contributed by atoms with Gasteiger partial charge in [-0.25, -0.2) is 4.79 Å². The summed E-state index contributed by atoms with van der Waals surface area (Å²) in [6.07, 6.45) is 2.98. The predicted molar refractivity (Wildman–Crippen MR) is 75.7 cm³/mol. The van der Waals surface area contributed by atoms with Gasteiger partial charge in [-0.15, -0.1) is 0 Å². The molecule has 7 heteroatoms. The number of H-pyrrole nitrogens is 1. The number of ether oxygens (including phenoxy) is 1. The third-order valence-corrected chi connectivity index (χ3v) is 3.31. The highest BCUT2D eigenvalue weighted by atomic mass is 35.5. The lowest BCUT2D eigenvalue weighted by molar-refractivity contribution is 0.406. The number of nitrogens with one attached hydrogen (secondary N) is 1. The smallest absolute Gasteiger partial charge is 0.328 e. The number of rotatable bonds is 3. The van der Waals surface area contributed by atoms with Crippen LogP contribution in [0.3, 0.4) is 0 Å². The molecule has 0 atom stereocenters. The minimum atomic E-state index is -0.598. The fourth-order valence-corrected chi connectivity index (χ4v) is 2.16. The monoisotopic (exact) mass is 295 g/mol. The first kappa shape index (κ1) is 14.3. The van der Waals surface area contributed by atoms with E-state index in [4.69, 9.17) is 16.3 Å². The van der Waals surface area contributed by atoms with Crippen LogP contribution in [-0.2, 0) is 6.54 Å². The molecule has 6 nitrogen and oxygen atoms in total. The predicted octanol–water partition coefficient (Wildman–Crippen LogP) is 1.26. The number of aryl methyl sites for hydroxylation is 1. The molecule has 0 amide bonds. The molecule has 20 heavy (non-hydrogen) atoms. The summed E-state index contributed by atoms with van der Waals surface area (Å²) in [7, 11) is 1.59. The molecule has 2 rings (SSSR count). The Balaban J connectivity index is 2.48. The zero-order valence-electron chi connectivity index (χ0n) is 11.4. The molecule has 0 bridgehead atoms. The van der Waals surface area contributed by atoms with Gasteiger partial charge in [-0.1, -0.05) is 11.6 Å². The van der Waals surface area contributed by atoms with Crippen LogP contribution in [0.25, 0.3) is 0 Å². The van der Waals surface area contributed by atoms with E-state index in [-0.39, 0.29) is 11.6 Å². The number of pyridine rings is 1. The normalized spacial score (nSPS) is 10.6. The molecule has 0 unspecified atom stereocenters. The van der Waals surface area contributed by atoms with Crippen molar-refractivity contribution in [3.8, 4) is 5.75 Å². The van der Waals surface area contributed by atoms with Gasteiger partial charge in [0.05, 0.1) is 19.3 Å². The van der Waals surface area contributed by atoms with Gasteiger partial charge in [-0.2, -0.15) is 0 Å². The first-order valence-corrected chi connectivity index (χ1v) is 6.30. The van der Waals surface area contributed by atoms with Gasteiger partial charge in [-0.3, -0.25) is 19.3 Å². The Hall–Kier alpha value is -2.08. The van der Waals surface area contributed by atoms with Crippen LogP contribution in [0.2, 0.25) is 5.02 Å². The zero-order valence-corrected chi connectivity index (χ0v) is 12.1. The maximum atomic E-state index is 11.7. The second kappa shape index (κ2) is 5.50. The SMILES string of the molecule is COc1c(C)cnc(Cn2cc(Cl)c(=O)[nH]c2=O)c1C. The molecule has 0 aliphatic heterocycles. The first-order valence-electron chi connectivity index (χ1n) is 5.92. The Kier molecular flexibility index (Phi) is 3.94. The molecule has 2 heterocycles. The molecule has 0 aromatic carbocycles. The largest absolute Gasteiger partial charge is 0.496 e. The molecule has 0 saturated carbocycles. The highest BCUT2D eigenvalue weighted by Crippen LogP contribution is 2.24. The Labute approximate surface area is 120 Å². The maximum Gasteiger partial charge on any atom is 0.328 e. The maximum absolute atomic E-state index is 11.7. The molecule has 106 valence electrons. The molecule has 0 aliphatic carbocycles. The summed E-state index contributed by atoms with van der Waals surface area (Å²) >= 11 is 5.73. The molecule has 2 aromatic heterocycles. The average Bonchev–Trinajstić information content (AvgIpc) is 2.39. The van der Waals surface area contributed by atoms with Gasteiger partial charge in [0.15, 0.2) is 0 Å². The van der Waals surface area contributed by atoms with E-state index in [1.165, 1.54) is 10.8 Å². The second-order valence-electron chi connectivity index (χ2n) is 4.41. The standard InChI is InChI=1S/C13H14ClN3O3/c1-7-4-15-10(8(2)11(7)20-3)6-17-5-9(14)12(18)16-13(17)19/h4-5H,6H2,1-3H3,(H,16,18,19). The highest BCUT2D eigenvalue weighted by molar-refractivity contribution is 6.30. The van der Waals surface area contributed by atoms with Gasteiger partial charge in [0.2, 0.25) is 0 Å². The van der Waals surface area contributed by atoms with E-state index in [1.54, 1.807) is 13.3 Å². The summed E-state index contributed by atoms with van der Waals surface area (Å²) in [6, 6.07) is 0. The zero-order chi connectivity index (χ0) is 14.9. The highest BCUT2D eigenvalue weighted by Gasteiger charge is 2.11. The molecular formula is C13H14ClN3O3. The Morgan fingerprint density at radius 2 is 2.10 bits per heavy atom. The van der Waals surface area contributed by atoms with Crippen LogP contribution < -0.4 is 16.0 Å². The van der Waals surface area contributed by atoms with Crippen molar-refractivity contribution in [1.82, 2.24) is 14.5 Å². The number of hydrogen-bond acceptors (Lipinski definition) is 4. The van der Waals surface area contributed by atoms with Crippen molar-refractivity contribution in [2.24, 2.45) is 0 Å². The van der Waals surface area contributed by atoms with Gasteiger partial charge in [-0.05, 0) is 13.8 Å². The number of nitrogens with zero attached hydrogens (tertiary/aromatic N) is 2. The first-order chi connectivity index (χ1) is 9.43. The number of methoxy groups -OCH3 is 1. The molecule has 0 saturated heterocycles. The lowest BCUT2D eigenvalue weighted by Crippen LogP contribution is -2.30. The van der Waals surface area contributed by atoms with E-state index in [9.17, 15) is 9.59 Å². The van der Waals surface area contributed by atoms with Crippen LogP contribution in [0.5, 0.6) is 5.75 Å². The van der Waals surface area contributed by atoms with E-state index in [1.807, 2.05) is 13.8 Å². The molecule has 0 fully saturated rings. The third-order valence-electron chi connectivity index (χ3n) is 3.04. The average molecular weight is 296 g/mol. The molecule has 0 radical (unpaired) electrons. The molecular weight excluding hydrogens is 282 g/mol. The number of hydrogen-bond donors (Lipinski definition) is 1. The summed E-state index contributed by atoms with van der Waals surface area (Å²) in [4.78, 5) is 29.4. The minimum absolute atomic E-state index is 0.0404. The lowest BCUT2D eigenvalue weighted by Gasteiger charge is -2.13. The fraction of sp³-hybridized carbons (Fsp3) is 0.308. The Morgan fingerprint density at radius 3 is 2.75 bits per heavy atom. The van der Waals surface area contributed by atoms with Gasteiger partial charge in [0.1, 0.15) is 10.8 Å². The fourth-order valence-electron chi connectivity index (χ4n) is 1.99. The van der Waals surface area contributed by atoms with Gasteiger partial charge < -0.3 is 4.74 Å². The van der Waals surface area contributed by atoms with Crippen LogP contribution >= 0.6 is 11.6 Å². The molecule has 2 aromatic rings. The summed E-state index contributed by atoms with van der Waals surface area (Å²) in [5.41, 5.74) is 1.32. The lowest BCUT2D eigenvalue weighted by atomic mass is 10.1. The third kappa shape index (κ3) is 2.60. The minimum Gasteiger partial charge on any atom is -0.496 e. The van der Waals surface area contributed by atoms with Crippen molar-refractivity contribution in [2.45, 2.75) is 20.4 Å². The van der Waals surface area contributed by atoms with Crippen molar-refractivity contribution in [2.75, 3.05) is 7.11 Å². The number of aromatic nitrogens is 3. The van der Waals surface area contributed by atoms with Gasteiger partial charge in [0, 0.05) is 23.5 Å². The van der Waals surface area contributed by atoms with E-state index in [0.717, 1.165) is 16.9 Å². The van der Waals surface area contributed by atoms with E-state index in [2.05, 4.69) is 9.97 Å². The topological polar surface area (TPSA) is 77.0 Å². The van der Waals surface area contributed by atoms with Crippen LogP contribution in [0, 0.1) is 13.8 Å². The Bertz CT molecular complexity index is 764.